The molecule has 3 heterocycles. The molecule has 0 aliphatic carbocycles. The predicted molar refractivity (Wildman–Crippen MR) is 98.6 cm³/mol. The maximum absolute atomic E-state index is 13.0. The molecule has 144 valence electrons. The Balaban J connectivity index is 1.72. The number of nitrogens with zero attached hydrogens (tertiary/aromatic N) is 5. The molecule has 0 aromatic carbocycles. The maximum Gasteiger partial charge on any atom is 0.271 e. The standard InChI is InChI=1S/C18H25N7O2/c1-3-24(4-2)18(27)16-7-13(10-25(16)11-14-8-20-12-22-14)23-17(26)15-9-19-5-6-21-15/h5-6,8-9,12-13,16H,3-4,7,10-11H2,1-2H3,(H,20,22)(H,23,26)/t13-,16-/m0/s1. The topological polar surface area (TPSA) is 107 Å². The Bertz CT molecular complexity index is 746. The molecule has 9 heteroatoms. The third kappa shape index (κ3) is 4.48. The van der Waals surface area contributed by atoms with Gasteiger partial charge >= 0.3 is 0 Å². The van der Waals surface area contributed by atoms with Gasteiger partial charge in [0.05, 0.1) is 18.6 Å². The van der Waals surface area contributed by atoms with Gasteiger partial charge < -0.3 is 15.2 Å². The molecule has 0 radical (unpaired) electrons. The van der Waals surface area contributed by atoms with E-state index in [1.807, 2.05) is 18.7 Å². The summed E-state index contributed by atoms with van der Waals surface area (Å²) in [5, 5.41) is 2.98. The van der Waals surface area contributed by atoms with Gasteiger partial charge in [-0.1, -0.05) is 0 Å². The lowest BCUT2D eigenvalue weighted by Gasteiger charge is -2.28. The molecule has 27 heavy (non-hydrogen) atoms. The number of likely N-dealkylation sites (N-methyl/N-ethyl adjacent to an activating group) is 1. The minimum absolute atomic E-state index is 0.0933. The Morgan fingerprint density at radius 3 is 2.70 bits per heavy atom. The van der Waals surface area contributed by atoms with E-state index in [0.29, 0.717) is 32.6 Å². The van der Waals surface area contributed by atoms with Crippen LogP contribution in [0.4, 0.5) is 0 Å². The number of amides is 2. The molecule has 0 bridgehead atoms. The SMILES string of the molecule is CCN(CC)C(=O)[C@@H]1C[C@H](NC(=O)c2cnccn2)CN1Cc1cnc[nH]1. The smallest absolute Gasteiger partial charge is 0.271 e. The Morgan fingerprint density at radius 2 is 2.07 bits per heavy atom. The molecule has 2 aromatic heterocycles. The number of aromatic amines is 1. The molecular weight excluding hydrogens is 346 g/mol. The molecule has 2 atom stereocenters. The lowest BCUT2D eigenvalue weighted by molar-refractivity contribution is -0.135. The molecule has 9 nitrogen and oxygen atoms in total. The van der Waals surface area contributed by atoms with Gasteiger partial charge in [-0.05, 0) is 20.3 Å². The maximum atomic E-state index is 13.0. The number of rotatable bonds is 7. The van der Waals surface area contributed by atoms with Crippen molar-refractivity contribution in [3.63, 3.8) is 0 Å². The number of likely N-dealkylation sites (tertiary alicyclic amines) is 1. The highest BCUT2D eigenvalue weighted by molar-refractivity contribution is 5.92. The summed E-state index contributed by atoms with van der Waals surface area (Å²) in [7, 11) is 0. The van der Waals surface area contributed by atoms with Crippen molar-refractivity contribution >= 4 is 11.8 Å². The van der Waals surface area contributed by atoms with Crippen LogP contribution in [0, 0.1) is 0 Å². The van der Waals surface area contributed by atoms with Crippen molar-refractivity contribution < 1.29 is 9.59 Å². The summed E-state index contributed by atoms with van der Waals surface area (Å²) < 4.78 is 0. The van der Waals surface area contributed by atoms with Crippen LogP contribution in [0.3, 0.4) is 0 Å². The summed E-state index contributed by atoms with van der Waals surface area (Å²) in [6.07, 6.45) is 8.39. The van der Waals surface area contributed by atoms with E-state index in [9.17, 15) is 9.59 Å². The van der Waals surface area contributed by atoms with E-state index >= 15 is 0 Å². The monoisotopic (exact) mass is 371 g/mol. The second kappa shape index (κ2) is 8.72. The first-order valence-electron chi connectivity index (χ1n) is 9.19. The summed E-state index contributed by atoms with van der Waals surface area (Å²) in [4.78, 5) is 44.4. The average molecular weight is 371 g/mol. The van der Waals surface area contributed by atoms with E-state index in [2.05, 4.69) is 30.2 Å². The molecule has 2 aromatic rings. The molecule has 0 saturated carbocycles. The van der Waals surface area contributed by atoms with Gasteiger partial charge in [-0.15, -0.1) is 0 Å². The van der Waals surface area contributed by atoms with Gasteiger partial charge in [0.2, 0.25) is 5.91 Å². The molecule has 1 fully saturated rings. The summed E-state index contributed by atoms with van der Waals surface area (Å²) >= 11 is 0. The van der Waals surface area contributed by atoms with Crippen LogP contribution < -0.4 is 5.32 Å². The quantitative estimate of drug-likeness (QED) is 0.731. The van der Waals surface area contributed by atoms with E-state index in [1.165, 1.54) is 18.6 Å². The van der Waals surface area contributed by atoms with Crippen LogP contribution in [0.2, 0.25) is 0 Å². The Morgan fingerprint density at radius 1 is 1.26 bits per heavy atom. The lowest BCUT2D eigenvalue weighted by Crippen LogP contribution is -2.45. The van der Waals surface area contributed by atoms with Crippen molar-refractivity contribution in [3.05, 3.63) is 42.5 Å². The van der Waals surface area contributed by atoms with Gasteiger partial charge in [0.15, 0.2) is 0 Å². The largest absolute Gasteiger partial charge is 0.347 e. The fourth-order valence-corrected chi connectivity index (χ4v) is 3.45. The van der Waals surface area contributed by atoms with Gasteiger partial charge in [0, 0.05) is 56.5 Å². The van der Waals surface area contributed by atoms with E-state index in [1.54, 1.807) is 12.5 Å². The average Bonchev–Trinajstić information content (AvgIpc) is 3.33. The van der Waals surface area contributed by atoms with E-state index < -0.39 is 0 Å². The van der Waals surface area contributed by atoms with Crippen molar-refractivity contribution in [1.82, 2.24) is 35.1 Å². The summed E-state index contributed by atoms with van der Waals surface area (Å²) in [6.45, 7) is 6.45. The van der Waals surface area contributed by atoms with Crippen LogP contribution in [-0.4, -0.2) is 73.3 Å². The van der Waals surface area contributed by atoms with Crippen LogP contribution in [0.5, 0.6) is 0 Å². The zero-order valence-electron chi connectivity index (χ0n) is 15.6. The number of hydrogen-bond acceptors (Lipinski definition) is 6. The van der Waals surface area contributed by atoms with Gasteiger partial charge in [0.25, 0.3) is 5.91 Å². The normalized spacial score (nSPS) is 19.8. The van der Waals surface area contributed by atoms with E-state index in [4.69, 9.17) is 0 Å². The number of aromatic nitrogens is 4. The highest BCUT2D eigenvalue weighted by atomic mass is 16.2. The van der Waals surface area contributed by atoms with Crippen LogP contribution in [0.25, 0.3) is 0 Å². The number of H-pyrrole nitrogens is 1. The lowest BCUT2D eigenvalue weighted by atomic mass is 10.1. The highest BCUT2D eigenvalue weighted by Crippen LogP contribution is 2.22. The number of carbonyl (C=O) groups excluding carboxylic acids is 2. The second-order valence-corrected chi connectivity index (χ2v) is 6.53. The fourth-order valence-electron chi connectivity index (χ4n) is 3.45. The fraction of sp³-hybridized carbons (Fsp3) is 0.500. The summed E-state index contributed by atoms with van der Waals surface area (Å²) in [5.41, 5.74) is 1.21. The second-order valence-electron chi connectivity index (χ2n) is 6.53. The van der Waals surface area contributed by atoms with Gasteiger partial charge in [-0.3, -0.25) is 19.5 Å². The first kappa shape index (κ1) is 19.0. The first-order chi connectivity index (χ1) is 13.1. The number of imidazole rings is 1. The number of carbonyl (C=O) groups is 2. The van der Waals surface area contributed by atoms with Gasteiger partial charge in [-0.25, -0.2) is 9.97 Å². The first-order valence-corrected chi connectivity index (χ1v) is 9.19. The predicted octanol–water partition coefficient (Wildman–Crippen LogP) is 0.441. The van der Waals surface area contributed by atoms with Crippen molar-refractivity contribution in [3.8, 4) is 0 Å². The summed E-state index contributed by atoms with van der Waals surface area (Å²) in [6, 6.07) is -0.410. The minimum Gasteiger partial charge on any atom is -0.347 e. The molecule has 1 aliphatic rings. The van der Waals surface area contributed by atoms with Crippen LogP contribution >= 0.6 is 0 Å². The molecule has 0 spiro atoms. The zero-order valence-corrected chi connectivity index (χ0v) is 15.6. The van der Waals surface area contributed by atoms with Crippen LogP contribution in [-0.2, 0) is 11.3 Å². The van der Waals surface area contributed by atoms with Crippen LogP contribution in [0.1, 0.15) is 36.5 Å². The number of hydrogen-bond donors (Lipinski definition) is 2. The van der Waals surface area contributed by atoms with Crippen molar-refractivity contribution in [2.24, 2.45) is 0 Å². The molecule has 1 saturated heterocycles. The third-order valence-electron chi connectivity index (χ3n) is 4.82. The minimum atomic E-state index is -0.277. The molecule has 2 amide bonds. The highest BCUT2D eigenvalue weighted by Gasteiger charge is 2.39. The summed E-state index contributed by atoms with van der Waals surface area (Å²) in [5.74, 6) is -0.179. The van der Waals surface area contributed by atoms with Gasteiger partial charge in [-0.2, -0.15) is 0 Å². The third-order valence-corrected chi connectivity index (χ3v) is 4.82. The Hall–Kier alpha value is -2.81. The molecule has 0 unspecified atom stereocenters. The molecule has 1 aliphatic heterocycles. The zero-order chi connectivity index (χ0) is 19.2. The van der Waals surface area contributed by atoms with E-state index in [-0.39, 0.29) is 29.6 Å². The van der Waals surface area contributed by atoms with Crippen LogP contribution in [0.15, 0.2) is 31.1 Å². The van der Waals surface area contributed by atoms with Crippen molar-refractivity contribution in [1.29, 1.82) is 0 Å². The van der Waals surface area contributed by atoms with E-state index in [0.717, 1.165) is 5.69 Å². The van der Waals surface area contributed by atoms with Gasteiger partial charge in [0.1, 0.15) is 5.69 Å². The molecular formula is C18H25N7O2. The Kier molecular flexibility index (Phi) is 6.12. The van der Waals surface area contributed by atoms with Crippen molar-refractivity contribution in [2.75, 3.05) is 19.6 Å². The molecule has 2 N–H and O–H groups in total. The molecule has 3 rings (SSSR count). The number of nitrogens with one attached hydrogen (secondary N) is 2. The Labute approximate surface area is 158 Å². The van der Waals surface area contributed by atoms with Crippen molar-refractivity contribution in [2.45, 2.75) is 38.9 Å².